The van der Waals surface area contributed by atoms with E-state index in [1.807, 2.05) is 0 Å². The molecule has 0 aromatic heterocycles. The van der Waals surface area contributed by atoms with Gasteiger partial charge in [0.25, 0.3) is 0 Å². The van der Waals surface area contributed by atoms with Gasteiger partial charge in [0.1, 0.15) is 0 Å². The van der Waals surface area contributed by atoms with Crippen LogP contribution in [0.2, 0.25) is 0 Å². The predicted octanol–water partition coefficient (Wildman–Crippen LogP) is 2.10. The van der Waals surface area contributed by atoms with E-state index in [-0.39, 0.29) is 0 Å². The van der Waals surface area contributed by atoms with Crippen molar-refractivity contribution in [3.05, 3.63) is 0 Å². The van der Waals surface area contributed by atoms with E-state index in [1.165, 1.54) is 0 Å². The minimum Gasteiger partial charge on any atom is -0.383 e. The summed E-state index contributed by atoms with van der Waals surface area (Å²) in [6, 6.07) is 0. The van der Waals surface area contributed by atoms with Crippen LogP contribution in [0.3, 0.4) is 0 Å². The van der Waals surface area contributed by atoms with E-state index < -0.39 is 48.4 Å². The molecule has 15 heteroatoms. The average Bonchev–Trinajstić information content (AvgIpc) is 2.32. The van der Waals surface area contributed by atoms with Gasteiger partial charge in [-0.05, 0) is 0 Å². The lowest BCUT2D eigenvalue weighted by Gasteiger charge is -2.43. The van der Waals surface area contributed by atoms with E-state index >= 15 is 0 Å². The number of aliphatic hydroxyl groups excluding tert-OH is 2. The summed E-state index contributed by atoms with van der Waals surface area (Å²) in [4.78, 5) is 0. The zero-order valence-electron chi connectivity index (χ0n) is 10.1. The van der Waals surface area contributed by atoms with Gasteiger partial charge in [-0.2, -0.15) is 43.9 Å². The van der Waals surface area contributed by atoms with Crippen LogP contribution in [0.1, 0.15) is 0 Å². The van der Waals surface area contributed by atoms with E-state index in [2.05, 4.69) is 0 Å². The molecule has 0 fully saturated rings. The molecule has 3 nitrogen and oxygen atoms in total. The summed E-state index contributed by atoms with van der Waals surface area (Å²) in [6.07, 6.45) is -29.9. The Balaban J connectivity index is 6.28. The van der Waals surface area contributed by atoms with Gasteiger partial charge < -0.3 is 15.3 Å². The number of alkyl halides is 12. The molecule has 0 aliphatic rings. The van der Waals surface area contributed by atoms with Crippen molar-refractivity contribution in [2.45, 2.75) is 48.4 Å². The first-order valence-electron chi connectivity index (χ1n) is 5.01. The molecule has 0 aromatic rings. The lowest BCUT2D eigenvalue weighted by Crippen LogP contribution is -2.73. The molecule has 0 saturated heterocycles. The molecular weight excluding hydrogens is 372 g/mol. The van der Waals surface area contributed by atoms with E-state index in [4.69, 9.17) is 15.3 Å². The number of hydrogen-bond acceptors (Lipinski definition) is 3. The van der Waals surface area contributed by atoms with Crippen LogP contribution >= 0.6 is 0 Å². The van der Waals surface area contributed by atoms with Crippen molar-refractivity contribution in [3.8, 4) is 0 Å². The standard InChI is InChI=1S/C8H6F12O3/c9-3(10)5(11,12)1(21)4(23,7(15,16)17)2(22)6(13,14)8(18,19)20/h1-3,21-23H. The highest BCUT2D eigenvalue weighted by Crippen LogP contribution is 2.50. The Labute approximate surface area is 118 Å². The second-order valence-electron chi connectivity index (χ2n) is 4.22. The molecule has 0 saturated carbocycles. The molecule has 0 spiro atoms. The molecule has 0 aromatic carbocycles. The Hall–Kier alpha value is -0.960. The molecule has 0 radical (unpaired) electrons. The number of halogens is 12. The second-order valence-corrected chi connectivity index (χ2v) is 4.22. The van der Waals surface area contributed by atoms with Crippen LogP contribution in [0.4, 0.5) is 52.7 Å². The van der Waals surface area contributed by atoms with Crippen molar-refractivity contribution < 1.29 is 68.0 Å². The summed E-state index contributed by atoms with van der Waals surface area (Å²) < 4.78 is 148. The first-order chi connectivity index (χ1) is 9.75. The van der Waals surface area contributed by atoms with Crippen LogP contribution < -0.4 is 0 Å². The van der Waals surface area contributed by atoms with Crippen LogP contribution in [0.25, 0.3) is 0 Å². The van der Waals surface area contributed by atoms with Gasteiger partial charge in [-0.25, -0.2) is 8.78 Å². The predicted molar refractivity (Wildman–Crippen MR) is 45.0 cm³/mol. The fourth-order valence-electron chi connectivity index (χ4n) is 1.30. The molecule has 0 amide bonds. The molecule has 23 heavy (non-hydrogen) atoms. The quantitative estimate of drug-likeness (QED) is 0.643. The number of hydrogen-bond donors (Lipinski definition) is 3. The van der Waals surface area contributed by atoms with Gasteiger partial charge in [0.2, 0.25) is 5.60 Å². The van der Waals surface area contributed by atoms with E-state index in [1.54, 1.807) is 0 Å². The number of rotatable bonds is 5. The molecule has 0 bridgehead atoms. The fourth-order valence-corrected chi connectivity index (χ4v) is 1.30. The third kappa shape index (κ3) is 3.45. The smallest absolute Gasteiger partial charge is 0.383 e. The Morgan fingerprint density at radius 1 is 0.609 bits per heavy atom. The summed E-state index contributed by atoms with van der Waals surface area (Å²) in [5.41, 5.74) is -6.33. The summed E-state index contributed by atoms with van der Waals surface area (Å²) in [6.45, 7) is 0. The van der Waals surface area contributed by atoms with Gasteiger partial charge >= 0.3 is 30.6 Å². The SMILES string of the molecule is OC(C(F)(F)C(F)F)C(O)(C(O)C(F)(F)C(F)(F)F)C(F)(F)F. The molecule has 3 N–H and O–H groups in total. The first kappa shape index (κ1) is 22.0. The van der Waals surface area contributed by atoms with Gasteiger partial charge in [0.15, 0.2) is 12.2 Å². The van der Waals surface area contributed by atoms with Gasteiger partial charge in [0.05, 0.1) is 0 Å². The van der Waals surface area contributed by atoms with Gasteiger partial charge in [-0.15, -0.1) is 0 Å². The molecule has 0 aliphatic carbocycles. The Morgan fingerprint density at radius 3 is 1.17 bits per heavy atom. The van der Waals surface area contributed by atoms with Gasteiger partial charge in [-0.1, -0.05) is 0 Å². The minimum absolute atomic E-state index is 5.20. The van der Waals surface area contributed by atoms with Gasteiger partial charge in [0, 0.05) is 0 Å². The Bertz CT molecular complexity index is 416. The summed E-state index contributed by atoms with van der Waals surface area (Å²) in [7, 11) is 0. The van der Waals surface area contributed by atoms with Crippen LogP contribution in [0.15, 0.2) is 0 Å². The summed E-state index contributed by atoms with van der Waals surface area (Å²) >= 11 is 0. The maximum Gasteiger partial charge on any atom is 0.456 e. The third-order valence-corrected chi connectivity index (χ3v) is 2.66. The molecular formula is C8H6F12O3. The van der Waals surface area contributed by atoms with Crippen molar-refractivity contribution in [2.75, 3.05) is 0 Å². The van der Waals surface area contributed by atoms with Crippen molar-refractivity contribution in [2.24, 2.45) is 0 Å². The molecule has 0 heterocycles. The van der Waals surface area contributed by atoms with Crippen LogP contribution in [0, 0.1) is 0 Å². The van der Waals surface area contributed by atoms with E-state index in [0.717, 1.165) is 0 Å². The van der Waals surface area contributed by atoms with Crippen LogP contribution in [-0.2, 0) is 0 Å². The molecule has 0 rings (SSSR count). The van der Waals surface area contributed by atoms with E-state index in [0.29, 0.717) is 0 Å². The molecule has 3 atom stereocenters. The first-order valence-corrected chi connectivity index (χ1v) is 5.01. The normalized spacial score (nSPS) is 20.3. The Kier molecular flexibility index (Phi) is 5.60. The summed E-state index contributed by atoms with van der Waals surface area (Å²) in [5.74, 6) is -13.2. The highest BCUT2D eigenvalue weighted by molar-refractivity contribution is 5.10. The van der Waals surface area contributed by atoms with Crippen LogP contribution in [-0.4, -0.2) is 63.8 Å². The maximum absolute atomic E-state index is 12.7. The van der Waals surface area contributed by atoms with Crippen molar-refractivity contribution in [1.82, 2.24) is 0 Å². The van der Waals surface area contributed by atoms with Crippen molar-refractivity contribution in [1.29, 1.82) is 0 Å². The molecule has 0 aliphatic heterocycles. The minimum atomic E-state index is -6.99. The van der Waals surface area contributed by atoms with E-state index in [9.17, 15) is 52.7 Å². The topological polar surface area (TPSA) is 60.7 Å². The van der Waals surface area contributed by atoms with Crippen molar-refractivity contribution >= 4 is 0 Å². The highest BCUT2D eigenvalue weighted by atomic mass is 19.4. The highest BCUT2D eigenvalue weighted by Gasteiger charge is 2.79. The lowest BCUT2D eigenvalue weighted by molar-refractivity contribution is -0.402. The molecule has 140 valence electrons. The van der Waals surface area contributed by atoms with Crippen molar-refractivity contribution in [3.63, 3.8) is 0 Å². The third-order valence-electron chi connectivity index (χ3n) is 2.66. The van der Waals surface area contributed by atoms with Crippen LogP contribution in [0.5, 0.6) is 0 Å². The monoisotopic (exact) mass is 378 g/mol. The summed E-state index contributed by atoms with van der Waals surface area (Å²) in [5, 5.41) is 25.8. The zero-order valence-corrected chi connectivity index (χ0v) is 10.1. The molecule has 3 unspecified atom stereocenters. The average molecular weight is 378 g/mol. The lowest BCUT2D eigenvalue weighted by atomic mass is 9.82. The number of aliphatic hydroxyl groups is 3. The largest absolute Gasteiger partial charge is 0.456 e. The maximum atomic E-state index is 12.7. The Morgan fingerprint density at radius 2 is 0.957 bits per heavy atom. The zero-order chi connectivity index (χ0) is 19.2. The fraction of sp³-hybridized carbons (Fsp3) is 1.00. The second kappa shape index (κ2) is 5.84. The van der Waals surface area contributed by atoms with Gasteiger partial charge in [-0.3, -0.25) is 0 Å².